The summed E-state index contributed by atoms with van der Waals surface area (Å²) in [6.45, 7) is 3.46. The lowest BCUT2D eigenvalue weighted by Crippen LogP contribution is -2.47. The maximum atomic E-state index is 12.8. The van der Waals surface area contributed by atoms with E-state index in [1.807, 2.05) is 56.3 Å². The molecule has 0 aromatic heterocycles. The number of ether oxygens (including phenoxy) is 1. The zero-order valence-corrected chi connectivity index (χ0v) is 17.3. The van der Waals surface area contributed by atoms with Crippen molar-refractivity contribution in [1.29, 1.82) is 0 Å². The van der Waals surface area contributed by atoms with Crippen LogP contribution in [0.2, 0.25) is 0 Å². The zero-order chi connectivity index (χ0) is 20.6. The summed E-state index contributed by atoms with van der Waals surface area (Å²) in [7, 11) is 0. The molecular weight excluding hydrogens is 386 g/mol. The summed E-state index contributed by atoms with van der Waals surface area (Å²) in [4.78, 5) is 39.2. The summed E-state index contributed by atoms with van der Waals surface area (Å²) < 4.78 is 5.38. The molecule has 0 unspecified atom stereocenters. The number of carbonyl (C=O) groups is 3. The molecule has 1 amide bonds. The lowest BCUT2D eigenvalue weighted by molar-refractivity contribution is -0.152. The van der Waals surface area contributed by atoms with Crippen molar-refractivity contribution in [3.05, 3.63) is 70.8 Å². The first-order valence-electron chi connectivity index (χ1n) is 9.71. The van der Waals surface area contributed by atoms with Crippen LogP contribution in [0.1, 0.15) is 39.9 Å². The number of amides is 1. The average molecular weight is 410 g/mol. The highest BCUT2D eigenvalue weighted by Gasteiger charge is 2.57. The second kappa shape index (κ2) is 7.67. The summed E-state index contributed by atoms with van der Waals surface area (Å²) in [6.07, 6.45) is 1.08. The fourth-order valence-corrected chi connectivity index (χ4v) is 5.80. The van der Waals surface area contributed by atoms with E-state index in [0.717, 1.165) is 16.7 Å². The van der Waals surface area contributed by atoms with Gasteiger partial charge in [0.25, 0.3) is 0 Å². The van der Waals surface area contributed by atoms with E-state index in [-0.39, 0.29) is 18.3 Å². The number of esters is 1. The number of aryl methyl sites for hydroxylation is 2. The minimum absolute atomic E-state index is 0.0401. The Labute approximate surface area is 174 Å². The van der Waals surface area contributed by atoms with Crippen molar-refractivity contribution in [2.24, 2.45) is 0 Å². The van der Waals surface area contributed by atoms with Crippen LogP contribution in [-0.4, -0.2) is 41.0 Å². The van der Waals surface area contributed by atoms with Gasteiger partial charge in [-0.25, -0.2) is 4.79 Å². The lowest BCUT2D eigenvalue weighted by Gasteiger charge is -2.33. The Morgan fingerprint density at radius 2 is 1.93 bits per heavy atom. The van der Waals surface area contributed by atoms with E-state index in [2.05, 4.69) is 0 Å². The largest absolute Gasteiger partial charge is 0.456 e. The van der Waals surface area contributed by atoms with Crippen molar-refractivity contribution in [2.75, 3.05) is 12.4 Å². The number of hydrogen-bond acceptors (Lipinski definition) is 5. The number of fused-ring (bicyclic) bond motifs is 1. The Bertz CT molecular complexity index is 974. The molecule has 2 heterocycles. The van der Waals surface area contributed by atoms with Gasteiger partial charge in [-0.2, -0.15) is 0 Å². The van der Waals surface area contributed by atoms with E-state index in [1.165, 1.54) is 0 Å². The third-order valence-corrected chi connectivity index (χ3v) is 7.26. The van der Waals surface area contributed by atoms with Gasteiger partial charge in [0.1, 0.15) is 10.9 Å². The molecule has 2 aliphatic heterocycles. The van der Waals surface area contributed by atoms with Gasteiger partial charge in [-0.15, -0.1) is 11.8 Å². The third kappa shape index (κ3) is 3.46. The highest BCUT2D eigenvalue weighted by Crippen LogP contribution is 2.54. The average Bonchev–Trinajstić information content (AvgIpc) is 3.28. The van der Waals surface area contributed by atoms with Gasteiger partial charge in [0.15, 0.2) is 6.61 Å². The van der Waals surface area contributed by atoms with Gasteiger partial charge < -0.3 is 9.64 Å². The molecule has 6 heteroatoms. The normalized spacial score (nSPS) is 23.2. The monoisotopic (exact) mass is 409 g/mol. The van der Waals surface area contributed by atoms with Crippen molar-refractivity contribution < 1.29 is 19.1 Å². The highest BCUT2D eigenvalue weighted by molar-refractivity contribution is 8.00. The van der Waals surface area contributed by atoms with Gasteiger partial charge in [-0.1, -0.05) is 48.0 Å². The molecule has 2 atom stereocenters. The van der Waals surface area contributed by atoms with Crippen molar-refractivity contribution >= 4 is 29.4 Å². The molecule has 2 fully saturated rings. The molecule has 5 nitrogen and oxygen atoms in total. The van der Waals surface area contributed by atoms with E-state index >= 15 is 0 Å². The topological polar surface area (TPSA) is 63.7 Å². The minimum Gasteiger partial charge on any atom is -0.456 e. The molecule has 4 rings (SSSR count). The third-order valence-electron chi connectivity index (χ3n) is 5.66. The quantitative estimate of drug-likeness (QED) is 0.558. The van der Waals surface area contributed by atoms with Gasteiger partial charge in [0.05, 0.1) is 0 Å². The van der Waals surface area contributed by atoms with Crippen LogP contribution >= 0.6 is 11.8 Å². The van der Waals surface area contributed by atoms with Crippen LogP contribution in [0.15, 0.2) is 48.5 Å². The van der Waals surface area contributed by atoms with E-state index in [4.69, 9.17) is 4.74 Å². The first-order valence-corrected chi connectivity index (χ1v) is 10.7. The fraction of sp³-hybridized carbons (Fsp3) is 0.348. The van der Waals surface area contributed by atoms with E-state index in [9.17, 15) is 14.4 Å². The smallest absolute Gasteiger partial charge is 0.330 e. The number of benzene rings is 2. The van der Waals surface area contributed by atoms with E-state index in [0.29, 0.717) is 24.2 Å². The number of rotatable bonds is 5. The molecule has 29 heavy (non-hydrogen) atoms. The first-order chi connectivity index (χ1) is 13.9. The molecule has 0 saturated carbocycles. The summed E-state index contributed by atoms with van der Waals surface area (Å²) in [6, 6.07) is 14.8. The molecular formula is C23H23NO4S. The summed E-state index contributed by atoms with van der Waals surface area (Å²) in [5.41, 5.74) is 3.42. The maximum absolute atomic E-state index is 12.8. The molecule has 2 aromatic carbocycles. The predicted octanol–water partition coefficient (Wildman–Crippen LogP) is 3.62. The van der Waals surface area contributed by atoms with E-state index in [1.54, 1.807) is 22.7 Å². The van der Waals surface area contributed by atoms with Crippen LogP contribution in [0, 0.1) is 13.8 Å². The fourth-order valence-electron chi connectivity index (χ4n) is 4.16. The van der Waals surface area contributed by atoms with Crippen LogP contribution in [-0.2, 0) is 19.2 Å². The molecule has 2 aromatic rings. The number of nitrogens with zero attached hydrogens (tertiary/aromatic N) is 1. The summed E-state index contributed by atoms with van der Waals surface area (Å²) >= 11 is 1.61. The van der Waals surface area contributed by atoms with Crippen molar-refractivity contribution in [2.45, 2.75) is 37.6 Å². The number of Topliss-reactive ketones (excluding diaryl/α,β-unsaturated/α-hetero) is 1. The van der Waals surface area contributed by atoms with Crippen LogP contribution in [0.4, 0.5) is 0 Å². The molecule has 2 aliphatic rings. The molecule has 150 valence electrons. The number of hydrogen-bond donors (Lipinski definition) is 0. The Hall–Kier alpha value is -2.60. The lowest BCUT2D eigenvalue weighted by atomic mass is 10.0. The SMILES string of the molecule is Cc1ccc(C)c(C(=O)COC(=O)[C@@H]2CS[C@]3(c4ccccc4)CCC(=O)N23)c1. The van der Waals surface area contributed by atoms with Gasteiger partial charge in [-0.05, 0) is 37.5 Å². The number of thioether (sulfide) groups is 1. The Kier molecular flexibility index (Phi) is 5.21. The molecule has 0 spiro atoms. The van der Waals surface area contributed by atoms with Crippen LogP contribution in [0.3, 0.4) is 0 Å². The maximum Gasteiger partial charge on any atom is 0.330 e. The summed E-state index contributed by atoms with van der Waals surface area (Å²) in [5.74, 6) is -0.310. The van der Waals surface area contributed by atoms with Crippen molar-refractivity contribution in [1.82, 2.24) is 4.90 Å². The van der Waals surface area contributed by atoms with Gasteiger partial charge in [0.2, 0.25) is 11.7 Å². The van der Waals surface area contributed by atoms with Gasteiger partial charge >= 0.3 is 5.97 Å². The molecule has 0 N–H and O–H groups in total. The van der Waals surface area contributed by atoms with Crippen molar-refractivity contribution in [3.8, 4) is 0 Å². The summed E-state index contributed by atoms with van der Waals surface area (Å²) in [5, 5.41) is 0. The molecule has 2 saturated heterocycles. The predicted molar refractivity (Wildman–Crippen MR) is 112 cm³/mol. The Balaban J connectivity index is 1.49. The minimum atomic E-state index is -0.665. The molecule has 0 aliphatic carbocycles. The van der Waals surface area contributed by atoms with Crippen LogP contribution < -0.4 is 0 Å². The number of ketones is 1. The van der Waals surface area contributed by atoms with Crippen LogP contribution in [0.5, 0.6) is 0 Å². The molecule has 0 radical (unpaired) electrons. The van der Waals surface area contributed by atoms with Gasteiger partial charge in [-0.3, -0.25) is 9.59 Å². The Morgan fingerprint density at radius 3 is 2.69 bits per heavy atom. The second-order valence-corrected chi connectivity index (χ2v) is 8.89. The van der Waals surface area contributed by atoms with Crippen LogP contribution in [0.25, 0.3) is 0 Å². The highest BCUT2D eigenvalue weighted by atomic mass is 32.2. The number of carbonyl (C=O) groups excluding carboxylic acids is 3. The Morgan fingerprint density at radius 1 is 1.17 bits per heavy atom. The van der Waals surface area contributed by atoms with E-state index < -0.39 is 16.9 Å². The van der Waals surface area contributed by atoms with Crippen molar-refractivity contribution in [3.63, 3.8) is 0 Å². The zero-order valence-electron chi connectivity index (χ0n) is 16.5. The first kappa shape index (κ1) is 19.7. The second-order valence-electron chi connectivity index (χ2n) is 7.59. The van der Waals surface area contributed by atoms with Gasteiger partial charge in [0, 0.05) is 17.7 Å². The standard InChI is InChI=1S/C23H23NO4S/c1-15-8-9-16(2)18(12-15)20(25)13-28-22(27)19-14-29-23(11-10-21(26)24(19)23)17-6-4-3-5-7-17/h3-9,12,19H,10-11,13-14H2,1-2H3/t19-,23-/m0/s1. The molecule has 0 bridgehead atoms.